The second-order valence-corrected chi connectivity index (χ2v) is 11.9. The first-order valence-electron chi connectivity index (χ1n) is 15.7. The molecular formula is C41H43ClO6. The maximum absolute atomic E-state index is 11.6. The highest BCUT2D eigenvalue weighted by molar-refractivity contribution is 6.17. The largest absolute Gasteiger partial charge is 0.508 e. The molecule has 5 rings (SSSR count). The quantitative estimate of drug-likeness (QED) is 0.108. The number of hydrogen-bond donors (Lipinski definition) is 2. The Balaban J connectivity index is 0.000000244. The zero-order valence-electron chi connectivity index (χ0n) is 27.8. The van der Waals surface area contributed by atoms with E-state index in [0.717, 1.165) is 28.7 Å². The van der Waals surface area contributed by atoms with Crippen LogP contribution in [-0.2, 0) is 19.1 Å². The number of carbonyl (C=O) groups excluding carboxylic acids is 2. The molecule has 0 aliphatic heterocycles. The highest BCUT2D eigenvalue weighted by Crippen LogP contribution is 2.34. The van der Waals surface area contributed by atoms with E-state index in [1.165, 1.54) is 17.7 Å². The Bertz CT molecular complexity index is 1700. The number of benzene rings is 5. The molecule has 0 heterocycles. The third-order valence-electron chi connectivity index (χ3n) is 7.29. The molecule has 0 unspecified atom stereocenters. The second kappa shape index (κ2) is 19.6. The molecule has 0 amide bonds. The minimum absolute atomic E-state index is 0.0260. The number of phenols is 2. The van der Waals surface area contributed by atoms with Crippen LogP contribution in [0.1, 0.15) is 88.1 Å². The van der Waals surface area contributed by atoms with Crippen molar-refractivity contribution in [3.63, 3.8) is 0 Å². The van der Waals surface area contributed by atoms with Gasteiger partial charge in [-0.1, -0.05) is 119 Å². The van der Waals surface area contributed by atoms with Gasteiger partial charge < -0.3 is 19.7 Å². The van der Waals surface area contributed by atoms with E-state index in [1.54, 1.807) is 0 Å². The molecular weight excluding hydrogens is 624 g/mol. The lowest BCUT2D eigenvalue weighted by Gasteiger charge is -2.18. The third kappa shape index (κ3) is 11.6. The molecule has 0 bridgehead atoms. The predicted molar refractivity (Wildman–Crippen MR) is 193 cm³/mol. The van der Waals surface area contributed by atoms with Crippen molar-refractivity contribution in [1.82, 2.24) is 0 Å². The van der Waals surface area contributed by atoms with Gasteiger partial charge in [-0.05, 0) is 51.8 Å². The molecule has 6 nitrogen and oxygen atoms in total. The fourth-order valence-electron chi connectivity index (χ4n) is 4.59. The first kappa shape index (κ1) is 37.4. The van der Waals surface area contributed by atoms with Crippen molar-refractivity contribution in [3.05, 3.63) is 154 Å². The number of aromatic hydroxyl groups is 2. The van der Waals surface area contributed by atoms with Crippen molar-refractivity contribution in [3.8, 4) is 23.0 Å². The highest BCUT2D eigenvalue weighted by Gasteiger charge is 2.15. The molecule has 0 atom stereocenters. The predicted octanol–water partition coefficient (Wildman–Crippen LogP) is 10.2. The minimum atomic E-state index is -0.183. The molecule has 5 aromatic carbocycles. The molecule has 2 N–H and O–H groups in total. The van der Waals surface area contributed by atoms with Crippen LogP contribution in [0.2, 0.25) is 0 Å². The number of aldehydes is 2. The zero-order chi connectivity index (χ0) is 34.9. The Hall–Kier alpha value is -5.07. The Kier molecular flexibility index (Phi) is 15.2. The standard InChI is InChI=1S/C24H24O3.C10H12O3.C7H7Cl/c1-18(2)22-13-21(15-25)23(26-16-19-9-5-3-6-10-19)14-24(22)27-17-20-11-7-4-8-12-20;1-6(2)8-3-7(5-11)9(12)4-10(8)13;8-6-7-4-2-1-3-5-7/h3-15,18H,16-17H2,1-2H3;3-6,12-13H,1-2H3;1-5H,6H2. The SMILES string of the molecule is CC(C)c1cc(C=O)c(O)cc1O.CC(C)c1cc(C=O)c(OCc2ccccc2)cc1OCc1ccccc1.ClCc1ccccc1. The molecule has 0 aliphatic carbocycles. The Morgan fingerprint density at radius 3 is 1.42 bits per heavy atom. The van der Waals surface area contributed by atoms with Gasteiger partial charge in [-0.15, -0.1) is 11.6 Å². The molecule has 0 radical (unpaired) electrons. The van der Waals surface area contributed by atoms with Gasteiger partial charge in [0.1, 0.15) is 36.2 Å². The Morgan fingerprint density at radius 1 is 0.562 bits per heavy atom. The van der Waals surface area contributed by atoms with Gasteiger partial charge in [-0.2, -0.15) is 0 Å². The number of carbonyl (C=O) groups is 2. The lowest BCUT2D eigenvalue weighted by Crippen LogP contribution is -2.04. The topological polar surface area (TPSA) is 93.1 Å². The molecule has 0 aliphatic rings. The van der Waals surface area contributed by atoms with E-state index in [-0.39, 0.29) is 28.9 Å². The van der Waals surface area contributed by atoms with Crippen LogP contribution in [0.3, 0.4) is 0 Å². The summed E-state index contributed by atoms with van der Waals surface area (Å²) in [7, 11) is 0. The highest BCUT2D eigenvalue weighted by atomic mass is 35.5. The zero-order valence-corrected chi connectivity index (χ0v) is 28.6. The monoisotopic (exact) mass is 666 g/mol. The van der Waals surface area contributed by atoms with Crippen molar-refractivity contribution >= 4 is 24.2 Å². The normalized spacial score (nSPS) is 10.3. The average molecular weight is 667 g/mol. The molecule has 5 aromatic rings. The molecule has 0 saturated heterocycles. The lowest BCUT2D eigenvalue weighted by atomic mass is 9.99. The summed E-state index contributed by atoms with van der Waals surface area (Å²) >= 11 is 5.53. The summed E-state index contributed by atoms with van der Waals surface area (Å²) in [6, 6.07) is 36.3. The van der Waals surface area contributed by atoms with Crippen LogP contribution in [0.4, 0.5) is 0 Å². The maximum Gasteiger partial charge on any atom is 0.153 e. The summed E-state index contributed by atoms with van der Waals surface area (Å²) in [6.07, 6.45) is 1.41. The van der Waals surface area contributed by atoms with Gasteiger partial charge in [0.2, 0.25) is 0 Å². The molecule has 48 heavy (non-hydrogen) atoms. The molecule has 0 fully saturated rings. The van der Waals surface area contributed by atoms with Crippen LogP contribution in [0, 0.1) is 0 Å². The molecule has 0 spiro atoms. The van der Waals surface area contributed by atoms with Crippen LogP contribution in [0.25, 0.3) is 0 Å². The third-order valence-corrected chi connectivity index (χ3v) is 7.60. The van der Waals surface area contributed by atoms with Gasteiger partial charge in [0.05, 0.1) is 11.1 Å². The van der Waals surface area contributed by atoms with Gasteiger partial charge in [0, 0.05) is 18.0 Å². The fraction of sp³-hybridized carbons (Fsp3) is 0.220. The van der Waals surface area contributed by atoms with Crippen molar-refractivity contribution in [1.29, 1.82) is 0 Å². The summed E-state index contributed by atoms with van der Waals surface area (Å²) in [4.78, 5) is 22.1. The number of rotatable bonds is 11. The second-order valence-electron chi connectivity index (χ2n) is 11.6. The van der Waals surface area contributed by atoms with Crippen LogP contribution in [0.15, 0.2) is 115 Å². The summed E-state index contributed by atoms with van der Waals surface area (Å²) in [5.41, 5.74) is 5.74. The number of halogens is 1. The first-order valence-corrected chi connectivity index (χ1v) is 16.3. The fourth-order valence-corrected chi connectivity index (χ4v) is 4.77. The smallest absolute Gasteiger partial charge is 0.153 e. The van der Waals surface area contributed by atoms with Gasteiger partial charge >= 0.3 is 0 Å². The number of alkyl halides is 1. The molecule has 7 heteroatoms. The van der Waals surface area contributed by atoms with Gasteiger partial charge in [-0.3, -0.25) is 9.59 Å². The van der Waals surface area contributed by atoms with Crippen LogP contribution in [-0.4, -0.2) is 22.8 Å². The maximum atomic E-state index is 11.6. The average Bonchev–Trinajstić information content (AvgIpc) is 3.11. The molecule has 250 valence electrons. The van der Waals surface area contributed by atoms with Crippen LogP contribution in [0.5, 0.6) is 23.0 Å². The van der Waals surface area contributed by atoms with Crippen molar-refractivity contribution < 1.29 is 29.3 Å². The number of hydrogen-bond acceptors (Lipinski definition) is 6. The lowest BCUT2D eigenvalue weighted by molar-refractivity contribution is 0.111. The summed E-state index contributed by atoms with van der Waals surface area (Å²) in [5, 5.41) is 18.6. The van der Waals surface area contributed by atoms with E-state index in [1.807, 2.05) is 117 Å². The van der Waals surface area contributed by atoms with Crippen LogP contribution < -0.4 is 9.47 Å². The van der Waals surface area contributed by atoms with E-state index >= 15 is 0 Å². The van der Waals surface area contributed by atoms with Crippen molar-refractivity contribution in [2.75, 3.05) is 0 Å². The summed E-state index contributed by atoms with van der Waals surface area (Å²) < 4.78 is 12.0. The summed E-state index contributed by atoms with van der Waals surface area (Å²) in [5.74, 6) is 2.11. The van der Waals surface area contributed by atoms with Gasteiger partial charge in [-0.25, -0.2) is 0 Å². The first-order chi connectivity index (χ1) is 23.2. The van der Waals surface area contributed by atoms with Gasteiger partial charge in [0.15, 0.2) is 12.6 Å². The Labute approximate surface area is 288 Å². The molecule has 0 saturated carbocycles. The van der Waals surface area contributed by atoms with E-state index in [0.29, 0.717) is 42.3 Å². The van der Waals surface area contributed by atoms with Crippen LogP contribution >= 0.6 is 11.6 Å². The minimum Gasteiger partial charge on any atom is -0.508 e. The van der Waals surface area contributed by atoms with Crippen molar-refractivity contribution in [2.24, 2.45) is 0 Å². The van der Waals surface area contributed by atoms with Gasteiger partial charge in [0.25, 0.3) is 0 Å². The van der Waals surface area contributed by atoms with E-state index in [2.05, 4.69) is 13.8 Å². The number of phenolic OH excluding ortho intramolecular Hbond substituents is 2. The number of ether oxygens (including phenoxy) is 2. The van der Waals surface area contributed by atoms with E-state index in [9.17, 15) is 19.8 Å². The van der Waals surface area contributed by atoms with E-state index in [4.69, 9.17) is 21.1 Å². The van der Waals surface area contributed by atoms with Crippen molar-refractivity contribution in [2.45, 2.75) is 58.6 Å². The summed E-state index contributed by atoms with van der Waals surface area (Å²) in [6.45, 7) is 8.86. The Morgan fingerprint density at radius 2 is 1.00 bits per heavy atom. The molecule has 0 aromatic heterocycles. The van der Waals surface area contributed by atoms with E-state index < -0.39 is 0 Å².